The molecule has 0 heterocycles. The van der Waals surface area contributed by atoms with E-state index < -0.39 is 0 Å². The van der Waals surface area contributed by atoms with Gasteiger partial charge in [0.05, 0.1) is 0 Å². The molecule has 0 saturated heterocycles. The Morgan fingerprint density at radius 2 is 2.23 bits per heavy atom. The summed E-state index contributed by atoms with van der Waals surface area (Å²) in [4.78, 5) is 0. The number of hydrogen-bond acceptors (Lipinski definition) is 1. The lowest BCUT2D eigenvalue weighted by molar-refractivity contribution is 0.525. The van der Waals surface area contributed by atoms with Crippen molar-refractivity contribution in [2.24, 2.45) is 5.73 Å². The van der Waals surface area contributed by atoms with E-state index in [0.717, 1.165) is 5.92 Å². The molecule has 13 heavy (non-hydrogen) atoms. The monoisotopic (exact) mass is 173 g/mol. The fraction of sp³-hybridized carbons (Fsp3) is 0.500. The van der Waals surface area contributed by atoms with Gasteiger partial charge in [-0.05, 0) is 48.3 Å². The molecule has 1 aromatic carbocycles. The van der Waals surface area contributed by atoms with Crippen molar-refractivity contribution in [3.8, 4) is 0 Å². The summed E-state index contributed by atoms with van der Waals surface area (Å²) in [5, 5.41) is 0. The molecule has 0 aliphatic heterocycles. The average molecular weight is 173 g/mol. The van der Waals surface area contributed by atoms with Crippen LogP contribution in [0.2, 0.25) is 0 Å². The third-order valence-corrected chi connectivity index (χ3v) is 3.58. The van der Waals surface area contributed by atoms with Crippen molar-refractivity contribution >= 4 is 0 Å². The van der Waals surface area contributed by atoms with E-state index in [0.29, 0.717) is 6.04 Å². The molecular formula is C12H15N. The van der Waals surface area contributed by atoms with Gasteiger partial charge in [-0.25, -0.2) is 0 Å². The number of nitrogens with two attached hydrogens (primary N) is 1. The van der Waals surface area contributed by atoms with Crippen LogP contribution in [0.5, 0.6) is 0 Å². The second-order valence-corrected chi connectivity index (χ2v) is 4.35. The maximum atomic E-state index is 6.11. The third kappa shape index (κ3) is 0.969. The highest BCUT2D eigenvalue weighted by atomic mass is 14.7. The van der Waals surface area contributed by atoms with E-state index in [1.165, 1.54) is 31.2 Å². The van der Waals surface area contributed by atoms with Crippen LogP contribution in [-0.2, 0) is 6.42 Å². The molecule has 0 aromatic heterocycles. The summed E-state index contributed by atoms with van der Waals surface area (Å²) >= 11 is 0. The Morgan fingerprint density at radius 3 is 3.15 bits per heavy atom. The second kappa shape index (κ2) is 2.58. The van der Waals surface area contributed by atoms with E-state index >= 15 is 0 Å². The van der Waals surface area contributed by atoms with Gasteiger partial charge in [0.15, 0.2) is 0 Å². The first-order chi connectivity index (χ1) is 6.36. The molecule has 1 nitrogen and oxygen atoms in total. The van der Waals surface area contributed by atoms with Gasteiger partial charge in [0.1, 0.15) is 0 Å². The predicted octanol–water partition coefficient (Wildman–Crippen LogP) is 2.51. The summed E-state index contributed by atoms with van der Waals surface area (Å²) < 4.78 is 0. The highest BCUT2D eigenvalue weighted by Crippen LogP contribution is 2.46. The Labute approximate surface area is 78.9 Å². The van der Waals surface area contributed by atoms with Crippen molar-refractivity contribution in [2.45, 2.75) is 37.6 Å². The van der Waals surface area contributed by atoms with Gasteiger partial charge in [-0.2, -0.15) is 0 Å². The molecule has 0 fully saturated rings. The summed E-state index contributed by atoms with van der Waals surface area (Å²) in [7, 11) is 0. The normalized spacial score (nSPS) is 30.2. The van der Waals surface area contributed by atoms with Gasteiger partial charge in [-0.1, -0.05) is 18.2 Å². The Morgan fingerprint density at radius 1 is 1.31 bits per heavy atom. The first-order valence-electron chi connectivity index (χ1n) is 5.23. The quantitative estimate of drug-likeness (QED) is 0.641. The Balaban J connectivity index is 2.22. The van der Waals surface area contributed by atoms with E-state index in [1.807, 2.05) is 0 Å². The Kier molecular flexibility index (Phi) is 1.50. The lowest BCUT2D eigenvalue weighted by atomic mass is 9.84. The first-order valence-corrected chi connectivity index (χ1v) is 5.23. The molecule has 0 amide bonds. The molecule has 0 unspecified atom stereocenters. The van der Waals surface area contributed by atoms with Crippen LogP contribution in [-0.4, -0.2) is 0 Å². The van der Waals surface area contributed by atoms with E-state index in [2.05, 4.69) is 18.2 Å². The summed E-state index contributed by atoms with van der Waals surface area (Å²) in [5.74, 6) is 0.787. The second-order valence-electron chi connectivity index (χ2n) is 4.35. The van der Waals surface area contributed by atoms with E-state index in [1.54, 1.807) is 11.1 Å². The number of rotatable bonds is 0. The number of benzene rings is 1. The average Bonchev–Trinajstić information content (AvgIpc) is 2.47. The SMILES string of the molecule is N[C@@H]1C[C@H]2CCCc3cccc1c32. The molecule has 68 valence electrons. The topological polar surface area (TPSA) is 26.0 Å². The molecule has 2 aliphatic carbocycles. The molecule has 2 aliphatic rings. The molecule has 2 N–H and O–H groups in total. The van der Waals surface area contributed by atoms with E-state index in [9.17, 15) is 0 Å². The Hall–Kier alpha value is -0.820. The maximum Gasteiger partial charge on any atom is 0.0303 e. The van der Waals surface area contributed by atoms with Crippen LogP contribution in [0.25, 0.3) is 0 Å². The Bertz CT molecular complexity index is 343. The van der Waals surface area contributed by atoms with Crippen LogP contribution < -0.4 is 5.73 Å². The van der Waals surface area contributed by atoms with Crippen LogP contribution in [0.15, 0.2) is 18.2 Å². The molecule has 2 atom stereocenters. The van der Waals surface area contributed by atoms with Gasteiger partial charge in [0, 0.05) is 6.04 Å². The van der Waals surface area contributed by atoms with Crippen molar-refractivity contribution < 1.29 is 0 Å². The highest BCUT2D eigenvalue weighted by molar-refractivity contribution is 5.45. The van der Waals surface area contributed by atoms with Crippen molar-refractivity contribution in [3.05, 3.63) is 34.9 Å². The van der Waals surface area contributed by atoms with Gasteiger partial charge in [0.25, 0.3) is 0 Å². The van der Waals surface area contributed by atoms with E-state index in [4.69, 9.17) is 5.73 Å². The predicted molar refractivity (Wildman–Crippen MR) is 53.7 cm³/mol. The van der Waals surface area contributed by atoms with Crippen LogP contribution in [0.4, 0.5) is 0 Å². The fourth-order valence-electron chi connectivity index (χ4n) is 3.02. The number of aryl methyl sites for hydroxylation is 1. The van der Waals surface area contributed by atoms with Crippen LogP contribution in [0, 0.1) is 0 Å². The van der Waals surface area contributed by atoms with Crippen molar-refractivity contribution in [2.75, 3.05) is 0 Å². The third-order valence-electron chi connectivity index (χ3n) is 3.58. The zero-order valence-electron chi connectivity index (χ0n) is 7.79. The minimum Gasteiger partial charge on any atom is -0.324 e. The van der Waals surface area contributed by atoms with Crippen molar-refractivity contribution in [1.29, 1.82) is 0 Å². The minimum absolute atomic E-state index is 0.318. The summed E-state index contributed by atoms with van der Waals surface area (Å²) in [5.41, 5.74) is 10.7. The molecule has 0 radical (unpaired) electrons. The molecule has 0 spiro atoms. The van der Waals surface area contributed by atoms with Crippen LogP contribution in [0.1, 0.15) is 47.9 Å². The van der Waals surface area contributed by atoms with Crippen LogP contribution >= 0.6 is 0 Å². The molecule has 3 rings (SSSR count). The largest absolute Gasteiger partial charge is 0.324 e. The van der Waals surface area contributed by atoms with Crippen LogP contribution in [0.3, 0.4) is 0 Å². The zero-order valence-corrected chi connectivity index (χ0v) is 7.79. The molecule has 0 bridgehead atoms. The zero-order chi connectivity index (χ0) is 8.84. The standard InChI is InChI=1S/C12H15N/c13-11-7-9-5-1-3-8-4-2-6-10(11)12(8)9/h2,4,6,9,11H,1,3,5,7,13H2/t9-,11-/m1/s1. The fourth-order valence-corrected chi connectivity index (χ4v) is 3.02. The first kappa shape index (κ1) is 7.57. The lowest BCUT2D eigenvalue weighted by Gasteiger charge is -2.20. The number of hydrogen-bond donors (Lipinski definition) is 1. The highest BCUT2D eigenvalue weighted by Gasteiger charge is 2.32. The summed E-state index contributed by atoms with van der Waals surface area (Å²) in [6.07, 6.45) is 5.17. The molecule has 1 aromatic rings. The molecule has 1 heteroatoms. The van der Waals surface area contributed by atoms with Gasteiger partial charge >= 0.3 is 0 Å². The van der Waals surface area contributed by atoms with Crippen molar-refractivity contribution in [1.82, 2.24) is 0 Å². The smallest absolute Gasteiger partial charge is 0.0303 e. The van der Waals surface area contributed by atoms with Gasteiger partial charge in [0.2, 0.25) is 0 Å². The lowest BCUT2D eigenvalue weighted by Crippen LogP contribution is -2.05. The minimum atomic E-state index is 0.318. The van der Waals surface area contributed by atoms with Gasteiger partial charge in [-0.15, -0.1) is 0 Å². The molecular weight excluding hydrogens is 158 g/mol. The van der Waals surface area contributed by atoms with Crippen molar-refractivity contribution in [3.63, 3.8) is 0 Å². The summed E-state index contributed by atoms with van der Waals surface area (Å²) in [6.45, 7) is 0. The van der Waals surface area contributed by atoms with E-state index in [-0.39, 0.29) is 0 Å². The summed E-state index contributed by atoms with van der Waals surface area (Å²) in [6, 6.07) is 6.98. The van der Waals surface area contributed by atoms with Gasteiger partial charge < -0.3 is 5.73 Å². The molecule has 0 saturated carbocycles. The van der Waals surface area contributed by atoms with Gasteiger partial charge in [-0.3, -0.25) is 0 Å². The maximum absolute atomic E-state index is 6.11.